The molecule has 0 heterocycles. The van der Waals surface area contributed by atoms with E-state index in [9.17, 15) is 9.18 Å². The van der Waals surface area contributed by atoms with Gasteiger partial charge in [0.1, 0.15) is 5.82 Å². The Morgan fingerprint density at radius 1 is 1.26 bits per heavy atom. The highest BCUT2D eigenvalue weighted by molar-refractivity contribution is 9.10. The summed E-state index contributed by atoms with van der Waals surface area (Å²) in [7, 11) is 0. The van der Waals surface area contributed by atoms with Crippen LogP contribution in [0.15, 0.2) is 40.9 Å². The lowest BCUT2D eigenvalue weighted by Crippen LogP contribution is -2.13. The Balaban J connectivity index is 2.28. The van der Waals surface area contributed by atoms with Crippen LogP contribution in [0.2, 0.25) is 5.02 Å². The number of benzene rings is 2. The molecule has 1 amide bonds. The molecule has 0 aromatic heterocycles. The van der Waals surface area contributed by atoms with Crippen LogP contribution in [-0.2, 0) is 0 Å². The molecule has 0 atom stereocenters. The van der Waals surface area contributed by atoms with Gasteiger partial charge in [0.05, 0.1) is 16.3 Å². The number of anilines is 2. The zero-order valence-electron chi connectivity index (χ0n) is 9.58. The largest absolute Gasteiger partial charge is 0.399 e. The fourth-order valence-corrected chi connectivity index (χ4v) is 2.15. The van der Waals surface area contributed by atoms with E-state index >= 15 is 0 Å². The van der Waals surface area contributed by atoms with Crippen LogP contribution in [0.1, 0.15) is 10.4 Å². The molecule has 0 fully saturated rings. The first-order chi connectivity index (χ1) is 8.97. The summed E-state index contributed by atoms with van der Waals surface area (Å²) in [6.07, 6.45) is 0. The fourth-order valence-electron chi connectivity index (χ4n) is 1.50. The lowest BCUT2D eigenvalue weighted by molar-refractivity contribution is 0.102. The van der Waals surface area contributed by atoms with Gasteiger partial charge in [-0.1, -0.05) is 11.6 Å². The number of rotatable bonds is 2. The van der Waals surface area contributed by atoms with Crippen LogP contribution in [0.3, 0.4) is 0 Å². The Hall–Kier alpha value is -1.59. The molecule has 19 heavy (non-hydrogen) atoms. The smallest absolute Gasteiger partial charge is 0.257 e. The summed E-state index contributed by atoms with van der Waals surface area (Å²) in [5, 5.41) is 2.93. The third kappa shape index (κ3) is 3.24. The van der Waals surface area contributed by atoms with Gasteiger partial charge in [-0.15, -0.1) is 0 Å². The van der Waals surface area contributed by atoms with E-state index in [4.69, 9.17) is 17.3 Å². The van der Waals surface area contributed by atoms with Crippen LogP contribution in [-0.4, -0.2) is 5.91 Å². The van der Waals surface area contributed by atoms with Crippen molar-refractivity contribution in [3.05, 3.63) is 57.3 Å². The summed E-state index contributed by atoms with van der Waals surface area (Å²) < 4.78 is 13.4. The van der Waals surface area contributed by atoms with E-state index in [-0.39, 0.29) is 5.56 Å². The minimum atomic E-state index is -0.412. The van der Waals surface area contributed by atoms with Gasteiger partial charge < -0.3 is 11.1 Å². The minimum Gasteiger partial charge on any atom is -0.399 e. The van der Waals surface area contributed by atoms with Gasteiger partial charge in [-0.25, -0.2) is 4.39 Å². The predicted octanol–water partition coefficient (Wildman–Crippen LogP) is 4.08. The van der Waals surface area contributed by atoms with E-state index in [0.29, 0.717) is 20.9 Å². The summed E-state index contributed by atoms with van der Waals surface area (Å²) >= 11 is 9.10. The predicted molar refractivity (Wildman–Crippen MR) is 77.9 cm³/mol. The second-order valence-electron chi connectivity index (χ2n) is 3.82. The monoisotopic (exact) mass is 342 g/mol. The number of carbonyl (C=O) groups is 1. The molecule has 0 saturated heterocycles. The molecular formula is C13H9BrClFN2O. The van der Waals surface area contributed by atoms with Crippen LogP contribution in [0.5, 0.6) is 0 Å². The van der Waals surface area contributed by atoms with Gasteiger partial charge in [-0.3, -0.25) is 4.79 Å². The molecule has 0 aliphatic heterocycles. The van der Waals surface area contributed by atoms with Crippen molar-refractivity contribution in [3.8, 4) is 0 Å². The number of nitrogens with one attached hydrogen (secondary N) is 1. The van der Waals surface area contributed by atoms with Gasteiger partial charge in [0.15, 0.2) is 0 Å². The molecular weight excluding hydrogens is 335 g/mol. The first-order valence-corrected chi connectivity index (χ1v) is 6.46. The van der Waals surface area contributed by atoms with Crippen LogP contribution in [0.25, 0.3) is 0 Å². The molecule has 3 nitrogen and oxygen atoms in total. The van der Waals surface area contributed by atoms with Gasteiger partial charge in [0.2, 0.25) is 0 Å². The minimum absolute atomic E-state index is 0.262. The number of nitrogens with two attached hydrogens (primary N) is 1. The van der Waals surface area contributed by atoms with Crippen LogP contribution in [0.4, 0.5) is 15.8 Å². The number of hydrogen-bond acceptors (Lipinski definition) is 2. The molecule has 0 radical (unpaired) electrons. The molecule has 2 aromatic rings. The van der Waals surface area contributed by atoms with E-state index in [1.165, 1.54) is 24.3 Å². The number of nitrogen functional groups attached to an aromatic ring is 1. The highest BCUT2D eigenvalue weighted by Gasteiger charge is 2.12. The van der Waals surface area contributed by atoms with Gasteiger partial charge in [-0.2, -0.15) is 0 Å². The third-order valence-electron chi connectivity index (χ3n) is 2.41. The number of halogens is 3. The van der Waals surface area contributed by atoms with Gasteiger partial charge in [0.25, 0.3) is 5.91 Å². The van der Waals surface area contributed by atoms with Crippen molar-refractivity contribution in [2.75, 3.05) is 11.1 Å². The number of carbonyl (C=O) groups excluding carboxylic acids is 1. The van der Waals surface area contributed by atoms with Crippen molar-refractivity contribution in [1.82, 2.24) is 0 Å². The Morgan fingerprint density at radius 2 is 2.00 bits per heavy atom. The second kappa shape index (κ2) is 5.59. The van der Waals surface area contributed by atoms with Crippen LogP contribution in [0, 0.1) is 5.82 Å². The van der Waals surface area contributed by atoms with Crippen molar-refractivity contribution in [2.24, 2.45) is 0 Å². The molecule has 0 unspecified atom stereocenters. The molecule has 2 rings (SSSR count). The molecule has 0 spiro atoms. The molecule has 2 aromatic carbocycles. The first-order valence-electron chi connectivity index (χ1n) is 5.29. The Labute approximate surface area is 122 Å². The van der Waals surface area contributed by atoms with E-state index < -0.39 is 11.7 Å². The molecule has 0 saturated carbocycles. The quantitative estimate of drug-likeness (QED) is 0.807. The van der Waals surface area contributed by atoms with Crippen molar-refractivity contribution in [1.29, 1.82) is 0 Å². The molecule has 6 heteroatoms. The van der Waals surface area contributed by atoms with Crippen molar-refractivity contribution in [2.45, 2.75) is 0 Å². The fraction of sp³-hybridized carbons (Fsp3) is 0. The third-order valence-corrected chi connectivity index (χ3v) is 3.40. The topological polar surface area (TPSA) is 55.1 Å². The average molecular weight is 344 g/mol. The lowest BCUT2D eigenvalue weighted by atomic mass is 10.2. The van der Waals surface area contributed by atoms with E-state index in [2.05, 4.69) is 21.2 Å². The zero-order chi connectivity index (χ0) is 14.0. The van der Waals surface area contributed by atoms with E-state index in [1.807, 2.05) is 0 Å². The normalized spacial score (nSPS) is 10.3. The summed E-state index contributed by atoms with van der Waals surface area (Å²) in [5.41, 5.74) is 6.76. The standard InChI is InChI=1S/C13H9BrClFN2O/c14-10-5-7(16)1-4-12(10)18-13(19)9-6-8(17)2-3-11(9)15/h1-6H,17H2,(H,18,19). The highest BCUT2D eigenvalue weighted by Crippen LogP contribution is 2.25. The maximum absolute atomic E-state index is 12.9. The molecule has 0 aliphatic rings. The summed E-state index contributed by atoms with van der Waals surface area (Å²) in [6.45, 7) is 0. The van der Waals surface area contributed by atoms with Gasteiger partial charge >= 0.3 is 0 Å². The molecule has 0 bridgehead atoms. The highest BCUT2D eigenvalue weighted by atomic mass is 79.9. The van der Waals surface area contributed by atoms with Crippen LogP contribution < -0.4 is 11.1 Å². The SMILES string of the molecule is Nc1ccc(Cl)c(C(=O)Nc2ccc(F)cc2Br)c1. The Bertz CT molecular complexity index is 649. The Morgan fingerprint density at radius 3 is 2.68 bits per heavy atom. The Kier molecular flexibility index (Phi) is 4.07. The molecule has 98 valence electrons. The van der Waals surface area contributed by atoms with Crippen molar-refractivity contribution in [3.63, 3.8) is 0 Å². The maximum Gasteiger partial charge on any atom is 0.257 e. The van der Waals surface area contributed by atoms with Crippen molar-refractivity contribution >= 4 is 44.8 Å². The zero-order valence-corrected chi connectivity index (χ0v) is 11.9. The number of amides is 1. The van der Waals surface area contributed by atoms with Gasteiger partial charge in [0, 0.05) is 10.2 Å². The summed E-state index contributed by atoms with van der Waals surface area (Å²) in [6, 6.07) is 8.60. The average Bonchev–Trinajstić information content (AvgIpc) is 2.35. The van der Waals surface area contributed by atoms with Crippen LogP contribution >= 0.6 is 27.5 Å². The first kappa shape index (κ1) is 13.8. The molecule has 3 N–H and O–H groups in total. The van der Waals surface area contributed by atoms with E-state index in [1.54, 1.807) is 12.1 Å². The number of hydrogen-bond donors (Lipinski definition) is 2. The lowest BCUT2D eigenvalue weighted by Gasteiger charge is -2.09. The van der Waals surface area contributed by atoms with Crippen molar-refractivity contribution < 1.29 is 9.18 Å². The van der Waals surface area contributed by atoms with Gasteiger partial charge in [-0.05, 0) is 52.3 Å². The summed E-state index contributed by atoms with van der Waals surface area (Å²) in [4.78, 5) is 12.1. The maximum atomic E-state index is 12.9. The van der Waals surface area contributed by atoms with E-state index in [0.717, 1.165) is 0 Å². The summed E-state index contributed by atoms with van der Waals surface area (Å²) in [5.74, 6) is -0.809. The molecule has 0 aliphatic carbocycles. The second-order valence-corrected chi connectivity index (χ2v) is 5.08.